The van der Waals surface area contributed by atoms with Gasteiger partial charge in [-0.15, -0.1) is 0 Å². The molecular weight excluding hydrogens is 534 g/mol. The number of carbonyl (C=O) groups excluding carboxylic acids is 1. The van der Waals surface area contributed by atoms with E-state index in [1.807, 2.05) is 26.0 Å². The molecule has 0 aliphatic carbocycles. The summed E-state index contributed by atoms with van der Waals surface area (Å²) in [6.45, 7) is 8.11. The average molecular weight is 576 g/mol. The van der Waals surface area contributed by atoms with Crippen LogP contribution in [0.4, 0.5) is 0 Å². The number of fused-ring (bicyclic) bond motifs is 1. The Balaban J connectivity index is 1.54. The van der Waals surface area contributed by atoms with Crippen molar-refractivity contribution < 1.29 is 24.1 Å². The molecule has 1 amide bonds. The fourth-order valence-corrected chi connectivity index (χ4v) is 6.32. The first kappa shape index (κ1) is 29.8. The van der Waals surface area contributed by atoms with E-state index in [0.717, 1.165) is 25.2 Å². The van der Waals surface area contributed by atoms with E-state index in [-0.39, 0.29) is 29.9 Å². The van der Waals surface area contributed by atoms with E-state index in [9.17, 15) is 9.90 Å². The number of piperazine rings is 2. The summed E-state index contributed by atoms with van der Waals surface area (Å²) in [7, 11) is 1.60. The zero-order valence-corrected chi connectivity index (χ0v) is 24.7. The van der Waals surface area contributed by atoms with Crippen LogP contribution in [0.3, 0.4) is 0 Å². The zero-order chi connectivity index (χ0) is 29.5. The zero-order valence-electron chi connectivity index (χ0n) is 24.7. The van der Waals surface area contributed by atoms with Crippen LogP contribution in [0.1, 0.15) is 36.5 Å². The molecule has 224 valence electrons. The minimum atomic E-state index is -0.477. The predicted molar refractivity (Wildman–Crippen MR) is 159 cm³/mol. The van der Waals surface area contributed by atoms with Gasteiger partial charge in [-0.3, -0.25) is 14.6 Å². The molecule has 0 unspecified atom stereocenters. The lowest BCUT2D eigenvalue weighted by molar-refractivity contribution is -0.139. The quantitative estimate of drug-likeness (QED) is 0.370. The maximum atomic E-state index is 12.5. The molecule has 2 atom stereocenters. The van der Waals surface area contributed by atoms with Crippen molar-refractivity contribution >= 4 is 5.91 Å². The molecule has 42 heavy (non-hydrogen) atoms. The summed E-state index contributed by atoms with van der Waals surface area (Å²) in [5.74, 6) is 0.767. The van der Waals surface area contributed by atoms with E-state index in [1.54, 1.807) is 12.0 Å². The maximum Gasteiger partial charge on any atom is 0.323 e. The number of nitrogens with zero attached hydrogens (tertiary/aromatic N) is 5. The molecule has 0 bridgehead atoms. The van der Waals surface area contributed by atoms with Crippen molar-refractivity contribution in [3.8, 4) is 17.8 Å². The summed E-state index contributed by atoms with van der Waals surface area (Å²) in [6, 6.07) is 21.7. The van der Waals surface area contributed by atoms with Crippen LogP contribution in [0, 0.1) is 0 Å². The SMILES string of the molecule is CCOc1nc(OC)c(CN2C[C@@H]3CN(C(=O)CO)CCN3[C@H](C(c3ccccc3)c3ccccc3)C2)c(OCC)n1. The third kappa shape index (κ3) is 6.51. The summed E-state index contributed by atoms with van der Waals surface area (Å²) in [6.07, 6.45) is 0. The summed E-state index contributed by atoms with van der Waals surface area (Å²) in [5, 5.41) is 9.60. The molecule has 10 nitrogen and oxygen atoms in total. The molecule has 0 spiro atoms. The lowest BCUT2D eigenvalue weighted by Gasteiger charge is -2.53. The van der Waals surface area contributed by atoms with E-state index in [1.165, 1.54) is 11.1 Å². The van der Waals surface area contributed by atoms with Gasteiger partial charge in [0.25, 0.3) is 0 Å². The van der Waals surface area contributed by atoms with E-state index < -0.39 is 6.61 Å². The lowest BCUT2D eigenvalue weighted by atomic mass is 9.81. The van der Waals surface area contributed by atoms with Gasteiger partial charge in [-0.2, -0.15) is 9.97 Å². The number of amides is 1. The number of methoxy groups -OCH3 is 1. The molecule has 2 aliphatic rings. The normalized spacial score (nSPS) is 19.4. The first-order chi connectivity index (χ1) is 20.6. The van der Waals surface area contributed by atoms with Crippen molar-refractivity contribution in [3.05, 3.63) is 77.4 Å². The van der Waals surface area contributed by atoms with Crippen LogP contribution < -0.4 is 14.2 Å². The molecule has 2 aromatic carbocycles. The van der Waals surface area contributed by atoms with E-state index >= 15 is 0 Å². The number of rotatable bonds is 11. The molecule has 1 N–H and O–H groups in total. The van der Waals surface area contributed by atoms with E-state index in [4.69, 9.17) is 14.2 Å². The highest BCUT2D eigenvalue weighted by Gasteiger charge is 2.43. The number of aliphatic hydroxyl groups is 1. The van der Waals surface area contributed by atoms with Gasteiger partial charge in [0, 0.05) is 57.3 Å². The van der Waals surface area contributed by atoms with Crippen molar-refractivity contribution in [1.29, 1.82) is 0 Å². The predicted octanol–water partition coefficient (Wildman–Crippen LogP) is 2.80. The fourth-order valence-electron chi connectivity index (χ4n) is 6.32. The fraction of sp³-hybridized carbons (Fsp3) is 0.469. The van der Waals surface area contributed by atoms with Crippen molar-refractivity contribution in [2.24, 2.45) is 0 Å². The molecule has 10 heteroatoms. The summed E-state index contributed by atoms with van der Waals surface area (Å²) < 4.78 is 17.3. The monoisotopic (exact) mass is 575 g/mol. The van der Waals surface area contributed by atoms with Crippen LogP contribution in [0.25, 0.3) is 0 Å². The van der Waals surface area contributed by atoms with Gasteiger partial charge in [-0.1, -0.05) is 60.7 Å². The van der Waals surface area contributed by atoms with Gasteiger partial charge < -0.3 is 24.2 Å². The molecular formula is C32H41N5O5. The van der Waals surface area contributed by atoms with Crippen molar-refractivity contribution in [2.45, 2.75) is 38.4 Å². The number of carbonyl (C=O) groups is 1. The topological polar surface area (TPSA) is 100 Å². The van der Waals surface area contributed by atoms with Crippen LogP contribution in [0.15, 0.2) is 60.7 Å². The Kier molecular flexibility index (Phi) is 9.89. The molecule has 1 aromatic heterocycles. The van der Waals surface area contributed by atoms with Crippen LogP contribution in [0.5, 0.6) is 17.8 Å². The largest absolute Gasteiger partial charge is 0.481 e. The Morgan fingerprint density at radius 1 is 0.905 bits per heavy atom. The molecule has 2 fully saturated rings. The number of hydrogen-bond acceptors (Lipinski definition) is 9. The molecule has 2 aliphatic heterocycles. The highest BCUT2D eigenvalue weighted by atomic mass is 16.5. The first-order valence-electron chi connectivity index (χ1n) is 14.7. The van der Waals surface area contributed by atoms with E-state index in [0.29, 0.717) is 44.6 Å². The standard InChI is InChI=1S/C32H41N5O5/c1-4-41-31-26(30(40-3)33-32(34-31)42-5-2)20-35-18-25-19-36(28(39)22-38)16-17-37(25)27(21-35)29(23-12-8-6-9-13-23)24-14-10-7-11-15-24/h6-15,25,27,29,38H,4-5,16-22H2,1-3H3/t25-,27+/m1/s1. The Bertz CT molecular complexity index is 1270. The number of hydrogen-bond donors (Lipinski definition) is 1. The van der Waals surface area contributed by atoms with Gasteiger partial charge in [0.2, 0.25) is 17.7 Å². The maximum absolute atomic E-state index is 12.5. The minimum Gasteiger partial charge on any atom is -0.481 e. The van der Waals surface area contributed by atoms with Gasteiger partial charge >= 0.3 is 6.01 Å². The van der Waals surface area contributed by atoms with Crippen molar-refractivity contribution in [1.82, 2.24) is 24.7 Å². The van der Waals surface area contributed by atoms with Crippen LogP contribution in [-0.2, 0) is 11.3 Å². The van der Waals surface area contributed by atoms with Gasteiger partial charge in [0.05, 0.1) is 25.9 Å². The minimum absolute atomic E-state index is 0.0769. The summed E-state index contributed by atoms with van der Waals surface area (Å²) in [5.41, 5.74) is 3.27. The number of ether oxygens (including phenoxy) is 3. The average Bonchev–Trinajstić information content (AvgIpc) is 3.03. The van der Waals surface area contributed by atoms with Crippen LogP contribution in [0.2, 0.25) is 0 Å². The third-order valence-electron chi connectivity index (χ3n) is 8.10. The number of aliphatic hydroxyl groups excluding tert-OH is 1. The van der Waals surface area contributed by atoms with Crippen molar-refractivity contribution in [2.75, 3.05) is 59.7 Å². The molecule has 3 aromatic rings. The molecule has 3 heterocycles. The smallest absolute Gasteiger partial charge is 0.323 e. The van der Waals surface area contributed by atoms with Gasteiger partial charge in [0.15, 0.2) is 0 Å². The Morgan fingerprint density at radius 3 is 2.14 bits per heavy atom. The van der Waals surface area contributed by atoms with Crippen molar-refractivity contribution in [3.63, 3.8) is 0 Å². The number of aromatic nitrogens is 2. The van der Waals surface area contributed by atoms with E-state index in [2.05, 4.69) is 68.3 Å². The molecule has 0 saturated carbocycles. The Morgan fingerprint density at radius 2 is 1.55 bits per heavy atom. The van der Waals surface area contributed by atoms with Crippen LogP contribution >= 0.6 is 0 Å². The third-order valence-corrected chi connectivity index (χ3v) is 8.10. The Labute approximate surface area is 247 Å². The van der Waals surface area contributed by atoms with Crippen LogP contribution in [-0.4, -0.2) is 107 Å². The van der Waals surface area contributed by atoms with Gasteiger partial charge in [-0.25, -0.2) is 0 Å². The highest BCUT2D eigenvalue weighted by Crippen LogP contribution is 2.37. The highest BCUT2D eigenvalue weighted by molar-refractivity contribution is 5.77. The Hall–Kier alpha value is -3.73. The van der Waals surface area contributed by atoms with Gasteiger partial charge in [-0.05, 0) is 25.0 Å². The molecule has 0 radical (unpaired) electrons. The lowest BCUT2D eigenvalue weighted by Crippen LogP contribution is -2.67. The molecule has 2 saturated heterocycles. The summed E-state index contributed by atoms with van der Waals surface area (Å²) in [4.78, 5) is 28.3. The molecule has 5 rings (SSSR count). The number of benzene rings is 2. The first-order valence-corrected chi connectivity index (χ1v) is 14.7. The second-order valence-electron chi connectivity index (χ2n) is 10.6. The second-order valence-corrected chi connectivity index (χ2v) is 10.6. The second kappa shape index (κ2) is 14.0. The summed E-state index contributed by atoms with van der Waals surface area (Å²) >= 11 is 0. The van der Waals surface area contributed by atoms with Gasteiger partial charge in [0.1, 0.15) is 6.61 Å².